The molecule has 0 atom stereocenters. The predicted octanol–water partition coefficient (Wildman–Crippen LogP) is 2.18. The van der Waals surface area contributed by atoms with Gasteiger partial charge in [0, 0.05) is 23.4 Å². The van der Waals surface area contributed by atoms with Crippen molar-refractivity contribution < 1.29 is 21.9 Å². The van der Waals surface area contributed by atoms with Gasteiger partial charge in [-0.1, -0.05) is 0 Å². The van der Waals surface area contributed by atoms with Crippen LogP contribution in [0.4, 0.5) is 8.78 Å². The molecule has 0 aliphatic carbocycles. The molecule has 0 heterocycles. The van der Waals surface area contributed by atoms with E-state index in [0.29, 0.717) is 5.56 Å². The molecule has 0 bridgehead atoms. The number of hydrogen-bond acceptors (Lipinski definition) is 3. The molecular weight excluding hydrogens is 262 g/mol. The van der Waals surface area contributed by atoms with E-state index in [9.17, 15) is 17.2 Å². The maximum absolute atomic E-state index is 13.2. The van der Waals surface area contributed by atoms with Crippen LogP contribution in [0.1, 0.15) is 11.1 Å². The molecule has 3 nitrogen and oxygen atoms in total. The van der Waals surface area contributed by atoms with E-state index in [1.807, 2.05) is 0 Å². The Balaban J connectivity index is 3.16. The molecule has 0 aliphatic heterocycles. The number of methoxy groups -OCH3 is 1. The first-order valence-electron chi connectivity index (χ1n) is 4.21. The van der Waals surface area contributed by atoms with E-state index >= 15 is 0 Å². The van der Waals surface area contributed by atoms with Crippen LogP contribution in [-0.2, 0) is 26.1 Å². The summed E-state index contributed by atoms with van der Waals surface area (Å²) in [5.74, 6) is -3.08. The Morgan fingerprint density at radius 3 is 2.50 bits per heavy atom. The van der Waals surface area contributed by atoms with Crippen molar-refractivity contribution in [2.75, 3.05) is 7.11 Å². The fourth-order valence-electron chi connectivity index (χ4n) is 1.25. The Kier molecular flexibility index (Phi) is 4.23. The van der Waals surface area contributed by atoms with Gasteiger partial charge in [0.15, 0.2) is 11.6 Å². The van der Waals surface area contributed by atoms with Gasteiger partial charge in [0.2, 0.25) is 9.05 Å². The van der Waals surface area contributed by atoms with Gasteiger partial charge in [-0.2, -0.15) is 0 Å². The topological polar surface area (TPSA) is 43.4 Å². The van der Waals surface area contributed by atoms with Gasteiger partial charge in [0.05, 0.1) is 12.4 Å². The fourth-order valence-corrected chi connectivity index (χ4v) is 2.18. The van der Waals surface area contributed by atoms with E-state index in [0.717, 1.165) is 6.07 Å². The lowest BCUT2D eigenvalue weighted by atomic mass is 10.1. The first-order chi connectivity index (χ1) is 7.33. The van der Waals surface area contributed by atoms with Crippen LogP contribution in [-0.4, -0.2) is 15.5 Å². The van der Waals surface area contributed by atoms with Crippen LogP contribution in [0.2, 0.25) is 0 Å². The average Bonchev–Trinajstić information content (AvgIpc) is 2.11. The van der Waals surface area contributed by atoms with E-state index in [2.05, 4.69) is 0 Å². The summed E-state index contributed by atoms with van der Waals surface area (Å²) in [5, 5.41) is 0. The van der Waals surface area contributed by atoms with E-state index in [1.54, 1.807) is 0 Å². The van der Waals surface area contributed by atoms with Crippen molar-refractivity contribution in [3.8, 4) is 0 Å². The van der Waals surface area contributed by atoms with Gasteiger partial charge >= 0.3 is 0 Å². The third kappa shape index (κ3) is 3.70. The Morgan fingerprint density at radius 1 is 1.38 bits per heavy atom. The summed E-state index contributed by atoms with van der Waals surface area (Å²) in [6.45, 7) is 0.0620. The quantitative estimate of drug-likeness (QED) is 0.788. The lowest BCUT2D eigenvalue weighted by Gasteiger charge is -2.06. The van der Waals surface area contributed by atoms with Gasteiger partial charge in [-0.3, -0.25) is 0 Å². The Morgan fingerprint density at radius 2 is 2.00 bits per heavy atom. The normalized spacial score (nSPS) is 11.8. The SMILES string of the molecule is COCc1cc(F)c(F)c(CS(=O)(=O)Cl)c1. The highest BCUT2D eigenvalue weighted by molar-refractivity contribution is 8.13. The molecule has 0 aliphatic rings. The van der Waals surface area contributed by atoms with Gasteiger partial charge < -0.3 is 4.74 Å². The zero-order chi connectivity index (χ0) is 12.3. The lowest BCUT2D eigenvalue weighted by Crippen LogP contribution is -2.03. The Hall–Kier alpha value is -0.720. The number of halogens is 3. The van der Waals surface area contributed by atoms with E-state index in [1.165, 1.54) is 13.2 Å². The van der Waals surface area contributed by atoms with Gasteiger partial charge in [0.25, 0.3) is 0 Å². The highest BCUT2D eigenvalue weighted by atomic mass is 35.7. The fraction of sp³-hybridized carbons (Fsp3) is 0.333. The van der Waals surface area contributed by atoms with Crippen LogP contribution in [0.3, 0.4) is 0 Å². The zero-order valence-corrected chi connectivity index (χ0v) is 9.91. The summed E-state index contributed by atoms with van der Waals surface area (Å²) in [4.78, 5) is 0. The molecule has 0 N–H and O–H groups in total. The molecule has 16 heavy (non-hydrogen) atoms. The van der Waals surface area contributed by atoms with Gasteiger partial charge in [-0.05, 0) is 17.7 Å². The number of hydrogen-bond donors (Lipinski definition) is 0. The van der Waals surface area contributed by atoms with Crippen molar-refractivity contribution in [1.29, 1.82) is 0 Å². The minimum atomic E-state index is -3.92. The standard InChI is InChI=1S/C9H9ClF2O3S/c1-15-4-6-2-7(5-16(10,13)14)9(12)8(11)3-6/h2-3H,4-5H2,1H3. The molecular formula is C9H9ClF2O3S. The Labute approximate surface area is 96.4 Å². The van der Waals surface area contributed by atoms with Crippen LogP contribution < -0.4 is 0 Å². The second-order valence-corrected chi connectivity index (χ2v) is 5.94. The molecule has 0 unspecified atom stereocenters. The van der Waals surface area contributed by atoms with Crippen molar-refractivity contribution in [2.24, 2.45) is 0 Å². The van der Waals surface area contributed by atoms with Crippen molar-refractivity contribution in [1.82, 2.24) is 0 Å². The molecule has 90 valence electrons. The van der Waals surface area contributed by atoms with Crippen molar-refractivity contribution in [2.45, 2.75) is 12.4 Å². The molecule has 1 aromatic carbocycles. The molecule has 0 saturated carbocycles. The second-order valence-electron chi connectivity index (χ2n) is 3.17. The number of benzene rings is 1. The van der Waals surface area contributed by atoms with Crippen LogP contribution in [0.15, 0.2) is 12.1 Å². The van der Waals surface area contributed by atoms with Crippen LogP contribution in [0.5, 0.6) is 0 Å². The van der Waals surface area contributed by atoms with Crippen LogP contribution in [0.25, 0.3) is 0 Å². The molecule has 0 spiro atoms. The molecule has 1 aromatic rings. The van der Waals surface area contributed by atoms with E-state index in [-0.39, 0.29) is 12.2 Å². The highest BCUT2D eigenvalue weighted by Gasteiger charge is 2.16. The smallest absolute Gasteiger partial charge is 0.236 e. The molecule has 0 radical (unpaired) electrons. The van der Waals surface area contributed by atoms with Gasteiger partial charge in [0.1, 0.15) is 0 Å². The molecule has 1 rings (SSSR count). The van der Waals surface area contributed by atoms with Gasteiger partial charge in [-0.25, -0.2) is 17.2 Å². The lowest BCUT2D eigenvalue weighted by molar-refractivity contribution is 0.184. The summed E-state index contributed by atoms with van der Waals surface area (Å²) in [6, 6.07) is 2.16. The highest BCUT2D eigenvalue weighted by Crippen LogP contribution is 2.19. The first kappa shape index (κ1) is 13.3. The molecule has 0 aromatic heterocycles. The summed E-state index contributed by atoms with van der Waals surface area (Å²) in [7, 11) is 2.44. The third-order valence-electron chi connectivity index (χ3n) is 1.80. The van der Waals surface area contributed by atoms with Crippen molar-refractivity contribution in [3.05, 3.63) is 34.9 Å². The summed E-state index contributed by atoms with van der Waals surface area (Å²) < 4.78 is 52.6. The average molecular weight is 271 g/mol. The second kappa shape index (κ2) is 5.07. The number of ether oxygens (including phenoxy) is 1. The summed E-state index contributed by atoms with van der Waals surface area (Å²) in [5.41, 5.74) is 0.0405. The Bertz CT molecular complexity index is 488. The molecule has 0 fully saturated rings. The molecule has 0 amide bonds. The van der Waals surface area contributed by atoms with Crippen molar-refractivity contribution >= 4 is 19.7 Å². The van der Waals surface area contributed by atoms with Crippen molar-refractivity contribution in [3.63, 3.8) is 0 Å². The first-order valence-corrected chi connectivity index (χ1v) is 6.69. The summed E-state index contributed by atoms with van der Waals surface area (Å²) >= 11 is 0. The number of rotatable bonds is 4. The maximum atomic E-state index is 13.2. The summed E-state index contributed by atoms with van der Waals surface area (Å²) in [6.07, 6.45) is 0. The van der Waals surface area contributed by atoms with E-state index in [4.69, 9.17) is 15.4 Å². The molecule has 7 heteroatoms. The largest absolute Gasteiger partial charge is 0.380 e. The maximum Gasteiger partial charge on any atom is 0.236 e. The van der Waals surface area contributed by atoms with Crippen LogP contribution in [0, 0.1) is 11.6 Å². The monoisotopic (exact) mass is 270 g/mol. The van der Waals surface area contributed by atoms with Gasteiger partial charge in [-0.15, -0.1) is 0 Å². The minimum absolute atomic E-state index is 0.0620. The third-order valence-corrected chi connectivity index (χ3v) is 2.79. The predicted molar refractivity (Wildman–Crippen MR) is 55.5 cm³/mol. The van der Waals surface area contributed by atoms with Crippen LogP contribution >= 0.6 is 10.7 Å². The molecule has 0 saturated heterocycles. The minimum Gasteiger partial charge on any atom is -0.380 e. The van der Waals surface area contributed by atoms with E-state index < -0.39 is 26.4 Å². The zero-order valence-electron chi connectivity index (χ0n) is 8.34.